The summed E-state index contributed by atoms with van der Waals surface area (Å²) < 4.78 is 26.9. The number of aryl methyl sites for hydroxylation is 1. The number of anilines is 1. The SMILES string of the molecule is Cc1cc(Cl)ccc1NC(C)c1cccc(F)c1F. The van der Waals surface area contributed by atoms with Gasteiger partial charge in [0.15, 0.2) is 11.6 Å². The van der Waals surface area contributed by atoms with E-state index >= 15 is 0 Å². The van der Waals surface area contributed by atoms with Gasteiger partial charge in [-0.3, -0.25) is 0 Å². The fraction of sp³-hybridized carbons (Fsp3) is 0.200. The third-order valence-electron chi connectivity index (χ3n) is 3.01. The fourth-order valence-corrected chi connectivity index (χ4v) is 2.18. The summed E-state index contributed by atoms with van der Waals surface area (Å²) in [6.07, 6.45) is 0. The highest BCUT2D eigenvalue weighted by atomic mass is 35.5. The first-order valence-corrected chi connectivity index (χ1v) is 6.33. The molecule has 0 aromatic heterocycles. The van der Waals surface area contributed by atoms with Crippen molar-refractivity contribution in [2.24, 2.45) is 0 Å². The zero-order chi connectivity index (χ0) is 14.0. The minimum Gasteiger partial charge on any atom is -0.378 e. The molecular weight excluding hydrogens is 268 g/mol. The van der Waals surface area contributed by atoms with Crippen LogP contribution in [0.25, 0.3) is 0 Å². The average Bonchev–Trinajstić information content (AvgIpc) is 2.36. The summed E-state index contributed by atoms with van der Waals surface area (Å²) in [4.78, 5) is 0. The molecule has 1 atom stereocenters. The molecule has 0 aliphatic rings. The lowest BCUT2D eigenvalue weighted by Gasteiger charge is -2.18. The number of halogens is 3. The number of benzene rings is 2. The number of rotatable bonds is 3. The van der Waals surface area contributed by atoms with E-state index in [0.717, 1.165) is 17.3 Å². The first-order chi connectivity index (χ1) is 8.99. The van der Waals surface area contributed by atoms with Crippen molar-refractivity contribution in [3.8, 4) is 0 Å². The number of hydrogen-bond donors (Lipinski definition) is 1. The second kappa shape index (κ2) is 5.57. The van der Waals surface area contributed by atoms with Gasteiger partial charge in [-0.25, -0.2) is 8.78 Å². The first kappa shape index (κ1) is 13.8. The van der Waals surface area contributed by atoms with Crippen molar-refractivity contribution < 1.29 is 8.78 Å². The highest BCUT2D eigenvalue weighted by Gasteiger charge is 2.14. The highest BCUT2D eigenvalue weighted by Crippen LogP contribution is 2.26. The van der Waals surface area contributed by atoms with Gasteiger partial charge in [-0.05, 0) is 43.7 Å². The minimum absolute atomic E-state index is 0.300. The quantitative estimate of drug-likeness (QED) is 0.825. The Hall–Kier alpha value is -1.61. The lowest BCUT2D eigenvalue weighted by molar-refractivity contribution is 0.494. The Kier molecular flexibility index (Phi) is 4.05. The van der Waals surface area contributed by atoms with Crippen molar-refractivity contribution in [2.45, 2.75) is 19.9 Å². The van der Waals surface area contributed by atoms with Gasteiger partial charge < -0.3 is 5.32 Å². The Morgan fingerprint density at radius 1 is 1.16 bits per heavy atom. The summed E-state index contributed by atoms with van der Waals surface area (Å²) in [6.45, 7) is 3.69. The molecule has 0 saturated heterocycles. The Morgan fingerprint density at radius 2 is 1.89 bits per heavy atom. The maximum absolute atomic E-state index is 13.7. The molecule has 1 unspecified atom stereocenters. The van der Waals surface area contributed by atoms with Gasteiger partial charge in [0, 0.05) is 16.3 Å². The second-order valence-electron chi connectivity index (χ2n) is 4.47. The van der Waals surface area contributed by atoms with Crippen LogP contribution in [0.3, 0.4) is 0 Å². The minimum atomic E-state index is -0.834. The molecule has 2 aromatic carbocycles. The van der Waals surface area contributed by atoms with E-state index in [4.69, 9.17) is 11.6 Å². The third kappa shape index (κ3) is 3.04. The molecule has 4 heteroatoms. The van der Waals surface area contributed by atoms with E-state index < -0.39 is 11.6 Å². The van der Waals surface area contributed by atoms with Gasteiger partial charge in [0.1, 0.15) is 0 Å². The Morgan fingerprint density at radius 3 is 2.58 bits per heavy atom. The van der Waals surface area contributed by atoms with Crippen LogP contribution in [0.4, 0.5) is 14.5 Å². The van der Waals surface area contributed by atoms with Crippen molar-refractivity contribution in [2.75, 3.05) is 5.32 Å². The molecule has 2 rings (SSSR count). The van der Waals surface area contributed by atoms with E-state index in [1.807, 2.05) is 19.1 Å². The van der Waals surface area contributed by atoms with Crippen LogP contribution in [0.5, 0.6) is 0 Å². The van der Waals surface area contributed by atoms with E-state index in [2.05, 4.69) is 5.32 Å². The van der Waals surface area contributed by atoms with Gasteiger partial charge in [-0.1, -0.05) is 23.7 Å². The molecule has 0 fully saturated rings. The molecule has 0 amide bonds. The molecule has 1 N–H and O–H groups in total. The van der Waals surface area contributed by atoms with E-state index in [9.17, 15) is 8.78 Å². The summed E-state index contributed by atoms with van der Waals surface area (Å²) in [6, 6.07) is 9.24. The van der Waals surface area contributed by atoms with Crippen LogP contribution in [0.2, 0.25) is 5.02 Å². The van der Waals surface area contributed by atoms with E-state index in [0.29, 0.717) is 10.6 Å². The molecule has 0 spiro atoms. The molecule has 19 heavy (non-hydrogen) atoms. The molecule has 0 saturated carbocycles. The van der Waals surface area contributed by atoms with Crippen LogP contribution in [0.15, 0.2) is 36.4 Å². The summed E-state index contributed by atoms with van der Waals surface area (Å²) in [5.41, 5.74) is 2.10. The van der Waals surface area contributed by atoms with Crippen LogP contribution in [0, 0.1) is 18.6 Å². The average molecular weight is 282 g/mol. The van der Waals surface area contributed by atoms with E-state index in [-0.39, 0.29) is 6.04 Å². The molecule has 0 bridgehead atoms. The Labute approximate surface area is 116 Å². The lowest BCUT2D eigenvalue weighted by atomic mass is 10.1. The topological polar surface area (TPSA) is 12.0 Å². The van der Waals surface area contributed by atoms with Crippen LogP contribution in [0.1, 0.15) is 24.1 Å². The van der Waals surface area contributed by atoms with Crippen LogP contribution in [-0.4, -0.2) is 0 Å². The molecule has 0 aliphatic carbocycles. The summed E-state index contributed by atoms with van der Waals surface area (Å²) in [7, 11) is 0. The van der Waals surface area contributed by atoms with Gasteiger partial charge >= 0.3 is 0 Å². The molecule has 1 nitrogen and oxygen atoms in total. The maximum Gasteiger partial charge on any atom is 0.164 e. The van der Waals surface area contributed by atoms with Crippen molar-refractivity contribution in [3.05, 3.63) is 64.2 Å². The van der Waals surface area contributed by atoms with Crippen LogP contribution < -0.4 is 5.32 Å². The van der Waals surface area contributed by atoms with Gasteiger partial charge in [0.25, 0.3) is 0 Å². The van der Waals surface area contributed by atoms with Crippen molar-refractivity contribution in [3.63, 3.8) is 0 Å². The molecular formula is C15H14ClF2N. The molecule has 0 heterocycles. The fourth-order valence-electron chi connectivity index (χ4n) is 1.95. The number of hydrogen-bond acceptors (Lipinski definition) is 1. The molecule has 2 aromatic rings. The summed E-state index contributed by atoms with van der Waals surface area (Å²) in [5, 5.41) is 3.80. The smallest absolute Gasteiger partial charge is 0.164 e. The van der Waals surface area contributed by atoms with Crippen LogP contribution in [-0.2, 0) is 0 Å². The molecule has 0 radical (unpaired) electrons. The predicted octanol–water partition coefficient (Wildman–Crippen LogP) is 5.10. The van der Waals surface area contributed by atoms with E-state index in [1.54, 1.807) is 19.1 Å². The lowest BCUT2D eigenvalue weighted by Crippen LogP contribution is -2.10. The second-order valence-corrected chi connectivity index (χ2v) is 4.90. The molecule has 100 valence electrons. The van der Waals surface area contributed by atoms with Gasteiger partial charge in [-0.15, -0.1) is 0 Å². The van der Waals surface area contributed by atoms with Crippen molar-refractivity contribution >= 4 is 17.3 Å². The standard InChI is InChI=1S/C15H14ClF2N/c1-9-8-11(16)6-7-14(9)19-10(2)12-4-3-5-13(17)15(12)18/h3-8,10,19H,1-2H3. The van der Waals surface area contributed by atoms with E-state index in [1.165, 1.54) is 6.07 Å². The first-order valence-electron chi connectivity index (χ1n) is 5.95. The normalized spacial score (nSPS) is 12.3. The van der Waals surface area contributed by atoms with Gasteiger partial charge in [-0.2, -0.15) is 0 Å². The largest absolute Gasteiger partial charge is 0.378 e. The highest BCUT2D eigenvalue weighted by molar-refractivity contribution is 6.30. The van der Waals surface area contributed by atoms with Gasteiger partial charge in [0.2, 0.25) is 0 Å². The third-order valence-corrected chi connectivity index (χ3v) is 3.24. The summed E-state index contributed by atoms with van der Waals surface area (Å²) in [5.74, 6) is -1.65. The summed E-state index contributed by atoms with van der Waals surface area (Å²) >= 11 is 5.88. The van der Waals surface area contributed by atoms with Gasteiger partial charge in [0.05, 0.1) is 6.04 Å². The Bertz CT molecular complexity index is 599. The monoisotopic (exact) mass is 281 g/mol. The molecule has 0 aliphatic heterocycles. The van der Waals surface area contributed by atoms with Crippen molar-refractivity contribution in [1.29, 1.82) is 0 Å². The predicted molar refractivity (Wildman–Crippen MR) is 74.6 cm³/mol. The van der Waals surface area contributed by atoms with Crippen molar-refractivity contribution in [1.82, 2.24) is 0 Å². The maximum atomic E-state index is 13.7. The zero-order valence-electron chi connectivity index (χ0n) is 10.7. The number of nitrogens with one attached hydrogen (secondary N) is 1. The van der Waals surface area contributed by atoms with Crippen LogP contribution >= 0.6 is 11.6 Å². The Balaban J connectivity index is 2.25. The zero-order valence-corrected chi connectivity index (χ0v) is 11.4.